The van der Waals surface area contributed by atoms with Gasteiger partial charge in [-0.15, -0.1) is 11.8 Å². The van der Waals surface area contributed by atoms with E-state index in [-0.39, 0.29) is 5.82 Å². The van der Waals surface area contributed by atoms with Crippen LogP contribution in [0.4, 0.5) is 10.1 Å². The highest BCUT2D eigenvalue weighted by molar-refractivity contribution is 8.00. The number of halogens is 1. The third-order valence-electron chi connectivity index (χ3n) is 3.14. The molecule has 0 fully saturated rings. The summed E-state index contributed by atoms with van der Waals surface area (Å²) in [5, 5.41) is 3.65. The van der Waals surface area contributed by atoms with Gasteiger partial charge in [-0.3, -0.25) is 0 Å². The van der Waals surface area contributed by atoms with Gasteiger partial charge in [0.15, 0.2) is 0 Å². The quantitative estimate of drug-likeness (QED) is 0.854. The Morgan fingerprint density at radius 2 is 2.25 bits per heavy atom. The van der Waals surface area contributed by atoms with E-state index in [2.05, 4.69) is 12.2 Å². The van der Waals surface area contributed by atoms with Crippen LogP contribution in [0.15, 0.2) is 23.1 Å². The number of fused-ring (bicyclic) bond motifs is 1. The molecular weight excluding hydrogens is 223 g/mol. The van der Waals surface area contributed by atoms with E-state index < -0.39 is 0 Å². The second kappa shape index (κ2) is 4.63. The van der Waals surface area contributed by atoms with Gasteiger partial charge in [0.25, 0.3) is 0 Å². The highest BCUT2D eigenvalue weighted by Gasteiger charge is 2.31. The Balaban J connectivity index is 2.36. The highest BCUT2D eigenvalue weighted by Crippen LogP contribution is 2.41. The Hall–Kier alpha value is -0.740. The average molecular weight is 240 g/mol. The van der Waals surface area contributed by atoms with Gasteiger partial charge in [0, 0.05) is 29.8 Å². The fourth-order valence-electron chi connectivity index (χ4n) is 2.06. The maximum absolute atomic E-state index is 13.7. The molecule has 0 amide bonds. The van der Waals surface area contributed by atoms with Crippen LogP contribution in [0.3, 0.4) is 0 Å². The minimum absolute atomic E-state index is 0.123. The van der Waals surface area contributed by atoms with Crippen molar-refractivity contribution in [2.45, 2.75) is 23.1 Å². The van der Waals surface area contributed by atoms with Gasteiger partial charge < -0.3 is 10.2 Å². The molecule has 1 N–H and O–H groups in total. The zero-order valence-corrected chi connectivity index (χ0v) is 10.6. The molecular formula is C12H17FN2S. The Morgan fingerprint density at radius 1 is 1.50 bits per heavy atom. The third kappa shape index (κ3) is 1.92. The molecule has 0 aliphatic carbocycles. The van der Waals surface area contributed by atoms with Gasteiger partial charge in [-0.25, -0.2) is 4.39 Å². The smallest absolute Gasteiger partial charge is 0.147 e. The molecule has 2 atom stereocenters. The van der Waals surface area contributed by atoms with Crippen molar-refractivity contribution < 1.29 is 4.39 Å². The summed E-state index contributed by atoms with van der Waals surface area (Å²) < 4.78 is 13.7. The number of benzene rings is 1. The summed E-state index contributed by atoms with van der Waals surface area (Å²) in [6.07, 6.45) is 0. The van der Waals surface area contributed by atoms with Gasteiger partial charge in [-0.05, 0) is 26.1 Å². The lowest BCUT2D eigenvalue weighted by molar-refractivity contribution is 0.570. The van der Waals surface area contributed by atoms with Crippen molar-refractivity contribution in [3.63, 3.8) is 0 Å². The molecule has 0 spiro atoms. The van der Waals surface area contributed by atoms with Gasteiger partial charge in [0.05, 0.1) is 5.69 Å². The van der Waals surface area contributed by atoms with Crippen LogP contribution in [-0.4, -0.2) is 31.9 Å². The molecule has 2 unspecified atom stereocenters. The number of nitrogens with one attached hydrogen (secondary N) is 1. The van der Waals surface area contributed by atoms with Crippen molar-refractivity contribution >= 4 is 17.4 Å². The molecule has 0 bridgehead atoms. The molecule has 0 saturated carbocycles. The Labute approximate surface area is 100 Å². The average Bonchev–Trinajstić information content (AvgIpc) is 2.25. The summed E-state index contributed by atoms with van der Waals surface area (Å²) in [6.45, 7) is 3.08. The first-order chi connectivity index (χ1) is 7.65. The van der Waals surface area contributed by atoms with E-state index in [1.807, 2.05) is 25.1 Å². The molecule has 88 valence electrons. The van der Waals surface area contributed by atoms with E-state index in [1.165, 1.54) is 6.07 Å². The fraction of sp³-hybridized carbons (Fsp3) is 0.500. The maximum Gasteiger partial charge on any atom is 0.147 e. The Morgan fingerprint density at radius 3 is 2.94 bits per heavy atom. The first-order valence-electron chi connectivity index (χ1n) is 5.47. The van der Waals surface area contributed by atoms with Crippen LogP contribution in [0.1, 0.15) is 6.92 Å². The molecule has 0 aromatic heterocycles. The zero-order chi connectivity index (χ0) is 11.7. The van der Waals surface area contributed by atoms with Crippen LogP contribution in [0.5, 0.6) is 0 Å². The van der Waals surface area contributed by atoms with Gasteiger partial charge >= 0.3 is 0 Å². The third-order valence-corrected chi connectivity index (χ3v) is 4.58. The highest BCUT2D eigenvalue weighted by atomic mass is 32.2. The van der Waals surface area contributed by atoms with Crippen LogP contribution in [0.2, 0.25) is 0 Å². The molecule has 0 saturated heterocycles. The molecule has 1 heterocycles. The summed E-state index contributed by atoms with van der Waals surface area (Å²) in [5.41, 5.74) is 0.743. The van der Waals surface area contributed by atoms with Crippen LogP contribution >= 0.6 is 11.8 Å². The summed E-state index contributed by atoms with van der Waals surface area (Å²) >= 11 is 1.76. The predicted octanol–water partition coefficient (Wildman–Crippen LogP) is 2.34. The maximum atomic E-state index is 13.7. The Bertz CT molecular complexity index is 383. The van der Waals surface area contributed by atoms with E-state index in [4.69, 9.17) is 0 Å². The topological polar surface area (TPSA) is 15.3 Å². The standard InChI is InChI=1S/C12H17FN2S/c1-8-11(7-14-2)16-10-6-4-5-9(13)12(10)15(8)3/h4-6,8,11,14H,7H2,1-3H3. The van der Waals surface area contributed by atoms with Gasteiger partial charge in [0.1, 0.15) is 5.82 Å². The molecule has 0 radical (unpaired) electrons. The number of para-hydroxylation sites is 1. The van der Waals surface area contributed by atoms with Gasteiger partial charge in [-0.2, -0.15) is 0 Å². The summed E-state index contributed by atoms with van der Waals surface area (Å²) in [5.74, 6) is -0.123. The minimum Gasteiger partial charge on any atom is -0.367 e. The van der Waals surface area contributed by atoms with E-state index in [0.29, 0.717) is 11.3 Å². The summed E-state index contributed by atoms with van der Waals surface area (Å²) in [7, 11) is 3.92. The molecule has 1 aromatic carbocycles. The molecule has 16 heavy (non-hydrogen) atoms. The molecule has 1 aliphatic heterocycles. The van der Waals surface area contributed by atoms with Crippen LogP contribution < -0.4 is 10.2 Å². The van der Waals surface area contributed by atoms with E-state index in [0.717, 1.165) is 17.1 Å². The number of hydrogen-bond donors (Lipinski definition) is 1. The van der Waals surface area contributed by atoms with Crippen molar-refractivity contribution in [1.82, 2.24) is 5.32 Å². The predicted molar refractivity (Wildman–Crippen MR) is 67.8 cm³/mol. The SMILES string of the molecule is CNCC1Sc2cccc(F)c2N(C)C1C. The van der Waals surface area contributed by atoms with Crippen molar-refractivity contribution in [3.8, 4) is 0 Å². The van der Waals surface area contributed by atoms with Gasteiger partial charge in [0.2, 0.25) is 0 Å². The van der Waals surface area contributed by atoms with Crippen molar-refractivity contribution in [1.29, 1.82) is 0 Å². The lowest BCUT2D eigenvalue weighted by atomic mass is 10.1. The summed E-state index contributed by atoms with van der Waals surface area (Å²) in [4.78, 5) is 3.09. The molecule has 1 aliphatic rings. The van der Waals surface area contributed by atoms with E-state index in [1.54, 1.807) is 17.8 Å². The number of rotatable bonds is 2. The van der Waals surface area contributed by atoms with Crippen LogP contribution in [-0.2, 0) is 0 Å². The molecule has 4 heteroatoms. The fourth-order valence-corrected chi connectivity index (χ4v) is 3.53. The van der Waals surface area contributed by atoms with Crippen molar-refractivity contribution in [2.24, 2.45) is 0 Å². The second-order valence-electron chi connectivity index (χ2n) is 4.15. The second-order valence-corrected chi connectivity index (χ2v) is 5.43. The largest absolute Gasteiger partial charge is 0.367 e. The first-order valence-corrected chi connectivity index (χ1v) is 6.35. The van der Waals surface area contributed by atoms with Gasteiger partial charge in [-0.1, -0.05) is 6.07 Å². The first kappa shape index (κ1) is 11.7. The Kier molecular flexibility index (Phi) is 3.40. The van der Waals surface area contributed by atoms with Crippen molar-refractivity contribution in [3.05, 3.63) is 24.0 Å². The molecule has 2 nitrogen and oxygen atoms in total. The van der Waals surface area contributed by atoms with Crippen molar-refractivity contribution in [2.75, 3.05) is 25.5 Å². The van der Waals surface area contributed by atoms with E-state index in [9.17, 15) is 4.39 Å². The minimum atomic E-state index is -0.123. The van der Waals surface area contributed by atoms with E-state index >= 15 is 0 Å². The number of anilines is 1. The van der Waals surface area contributed by atoms with Crippen LogP contribution in [0.25, 0.3) is 0 Å². The molecule has 1 aromatic rings. The normalized spacial score (nSPS) is 24.4. The lowest BCUT2D eigenvalue weighted by Crippen LogP contribution is -2.45. The van der Waals surface area contributed by atoms with Crippen LogP contribution in [0, 0.1) is 5.82 Å². The monoisotopic (exact) mass is 240 g/mol. The molecule has 2 rings (SSSR count). The summed E-state index contributed by atoms with van der Waals surface area (Å²) in [6, 6.07) is 5.64. The lowest BCUT2D eigenvalue weighted by Gasteiger charge is -2.39. The number of thioether (sulfide) groups is 1. The zero-order valence-electron chi connectivity index (χ0n) is 9.83. The number of nitrogens with zero attached hydrogens (tertiary/aromatic N) is 1. The number of hydrogen-bond acceptors (Lipinski definition) is 3.